The molecule has 6 nitrogen and oxygen atoms in total. The lowest BCUT2D eigenvalue weighted by molar-refractivity contribution is -0.144. The molecule has 0 unspecified atom stereocenters. The van der Waals surface area contributed by atoms with Crippen LogP contribution in [0.3, 0.4) is 0 Å². The molecule has 1 N–H and O–H groups in total. The zero-order valence-electron chi connectivity index (χ0n) is 16.4. The largest absolute Gasteiger partial charge is 0.482 e. The summed E-state index contributed by atoms with van der Waals surface area (Å²) in [5, 5.41) is 2.77. The Balaban J connectivity index is 1.78. The second-order valence-electron chi connectivity index (χ2n) is 6.86. The van der Waals surface area contributed by atoms with Crippen molar-refractivity contribution < 1.29 is 23.9 Å². The fourth-order valence-corrected chi connectivity index (χ4v) is 2.45. The fourth-order valence-electron chi connectivity index (χ4n) is 2.45. The lowest BCUT2D eigenvalue weighted by Crippen LogP contribution is -2.19. The molecule has 0 radical (unpaired) electrons. The van der Waals surface area contributed by atoms with Gasteiger partial charge in [0.05, 0.1) is 0 Å². The molecule has 0 bridgehead atoms. The second-order valence-corrected chi connectivity index (χ2v) is 6.86. The maximum absolute atomic E-state index is 12.2. The average molecular weight is 383 g/mol. The molecule has 2 aromatic carbocycles. The van der Waals surface area contributed by atoms with Gasteiger partial charge in [-0.2, -0.15) is 0 Å². The molecule has 1 amide bonds. The third kappa shape index (κ3) is 6.87. The van der Waals surface area contributed by atoms with Gasteiger partial charge in [-0.3, -0.25) is 9.59 Å². The van der Waals surface area contributed by atoms with Gasteiger partial charge >= 0.3 is 5.97 Å². The van der Waals surface area contributed by atoms with Crippen molar-refractivity contribution in [2.24, 2.45) is 5.92 Å². The summed E-state index contributed by atoms with van der Waals surface area (Å²) in [6.07, 6.45) is 0.432. The van der Waals surface area contributed by atoms with E-state index < -0.39 is 5.97 Å². The first-order valence-electron chi connectivity index (χ1n) is 9.12. The van der Waals surface area contributed by atoms with Crippen molar-refractivity contribution in [2.45, 2.75) is 27.2 Å². The number of hydrogen-bond donors (Lipinski definition) is 1. The predicted octanol–water partition coefficient (Wildman–Crippen LogP) is 3.78. The van der Waals surface area contributed by atoms with Crippen molar-refractivity contribution in [3.05, 3.63) is 59.7 Å². The molecule has 6 heteroatoms. The topological polar surface area (TPSA) is 81.7 Å². The number of hydrogen-bond acceptors (Lipinski definition) is 5. The van der Waals surface area contributed by atoms with Crippen LogP contribution in [-0.4, -0.2) is 30.9 Å². The van der Waals surface area contributed by atoms with Crippen LogP contribution in [0.25, 0.3) is 0 Å². The Morgan fingerprint density at radius 2 is 1.64 bits per heavy atom. The number of amides is 1. The maximum atomic E-state index is 12.2. The Labute approximate surface area is 164 Å². The van der Waals surface area contributed by atoms with Crippen molar-refractivity contribution in [3.8, 4) is 5.75 Å². The summed E-state index contributed by atoms with van der Waals surface area (Å²) in [5.74, 6) is -0.152. The molecular weight excluding hydrogens is 358 g/mol. The molecule has 0 atom stereocenters. The summed E-state index contributed by atoms with van der Waals surface area (Å²) in [6, 6.07) is 13.8. The van der Waals surface area contributed by atoms with Gasteiger partial charge in [-0.15, -0.1) is 0 Å². The molecule has 2 aromatic rings. The molecule has 2 rings (SSSR count). The van der Waals surface area contributed by atoms with Crippen molar-refractivity contribution >= 4 is 23.3 Å². The zero-order chi connectivity index (χ0) is 20.5. The highest BCUT2D eigenvalue weighted by Crippen LogP contribution is 2.16. The molecule has 148 valence electrons. The fraction of sp³-hybridized carbons (Fsp3) is 0.318. The van der Waals surface area contributed by atoms with E-state index in [1.54, 1.807) is 30.3 Å². The maximum Gasteiger partial charge on any atom is 0.344 e. The molecule has 0 saturated carbocycles. The molecule has 0 saturated heterocycles. The lowest BCUT2D eigenvalue weighted by atomic mass is 10.1. The number of carbonyl (C=O) groups excluding carboxylic acids is 3. The van der Waals surface area contributed by atoms with Gasteiger partial charge in [-0.25, -0.2) is 4.79 Å². The van der Waals surface area contributed by atoms with E-state index in [4.69, 9.17) is 9.47 Å². The quantitative estimate of drug-likeness (QED) is 0.526. The van der Waals surface area contributed by atoms with Gasteiger partial charge in [0.25, 0.3) is 0 Å². The highest BCUT2D eigenvalue weighted by atomic mass is 16.6. The highest BCUT2D eigenvalue weighted by Gasteiger charge is 2.12. The lowest BCUT2D eigenvalue weighted by Gasteiger charge is -2.09. The number of nitrogens with one attached hydrogen (secondary N) is 1. The third-order valence-electron chi connectivity index (χ3n) is 3.89. The van der Waals surface area contributed by atoms with E-state index in [-0.39, 0.29) is 30.8 Å². The molecular formula is C22H25NO5. The van der Waals surface area contributed by atoms with Crippen LogP contribution in [0.1, 0.15) is 36.2 Å². The molecule has 28 heavy (non-hydrogen) atoms. The molecule has 0 aliphatic carbocycles. The number of rotatable bonds is 9. The average Bonchev–Trinajstić information content (AvgIpc) is 2.65. The number of carbonyl (C=O) groups is 3. The van der Waals surface area contributed by atoms with Gasteiger partial charge in [0.2, 0.25) is 5.91 Å². The second kappa shape index (κ2) is 10.3. The van der Waals surface area contributed by atoms with Crippen LogP contribution in [0, 0.1) is 12.8 Å². The summed E-state index contributed by atoms with van der Waals surface area (Å²) >= 11 is 0. The van der Waals surface area contributed by atoms with Crippen molar-refractivity contribution in [1.82, 2.24) is 0 Å². The van der Waals surface area contributed by atoms with Gasteiger partial charge in [0.1, 0.15) is 5.75 Å². The van der Waals surface area contributed by atoms with E-state index in [1.165, 1.54) is 0 Å². The number of ether oxygens (including phenoxy) is 2. The Kier molecular flexibility index (Phi) is 7.75. The van der Waals surface area contributed by atoms with E-state index in [0.29, 0.717) is 23.4 Å². The van der Waals surface area contributed by atoms with E-state index in [2.05, 4.69) is 5.32 Å². The van der Waals surface area contributed by atoms with Crippen LogP contribution in [-0.2, 0) is 14.3 Å². The van der Waals surface area contributed by atoms with Crippen molar-refractivity contribution in [3.63, 3.8) is 0 Å². The van der Waals surface area contributed by atoms with Gasteiger partial charge < -0.3 is 14.8 Å². The Bertz CT molecular complexity index is 827. The summed E-state index contributed by atoms with van der Waals surface area (Å²) in [5.41, 5.74) is 1.92. The first kappa shape index (κ1) is 21.2. The van der Waals surface area contributed by atoms with Crippen LogP contribution >= 0.6 is 0 Å². The molecule has 0 fully saturated rings. The third-order valence-corrected chi connectivity index (χ3v) is 3.89. The summed E-state index contributed by atoms with van der Waals surface area (Å²) in [6.45, 7) is 5.18. The summed E-state index contributed by atoms with van der Waals surface area (Å²) in [7, 11) is 0. The smallest absolute Gasteiger partial charge is 0.344 e. The monoisotopic (exact) mass is 383 g/mol. The number of para-hydroxylation sites is 1. The minimum atomic E-state index is -0.617. The standard InChI is InChI=1S/C22H25NO5/c1-15(2)12-21(25)23-18-10-8-17(9-11-18)19(24)13-28-22(26)14-27-20-7-5-4-6-16(20)3/h4-11,15H,12-14H2,1-3H3,(H,23,25). The van der Waals surface area contributed by atoms with Crippen molar-refractivity contribution in [1.29, 1.82) is 0 Å². The minimum absolute atomic E-state index is 0.0725. The number of Topliss-reactive ketones (excluding diaryl/α,β-unsaturated/α-hetero) is 1. The van der Waals surface area contributed by atoms with E-state index in [9.17, 15) is 14.4 Å². The summed E-state index contributed by atoms with van der Waals surface area (Å²) in [4.78, 5) is 35.7. The van der Waals surface area contributed by atoms with E-state index >= 15 is 0 Å². The normalized spacial score (nSPS) is 10.4. The van der Waals surface area contributed by atoms with Gasteiger partial charge in [-0.1, -0.05) is 32.0 Å². The highest BCUT2D eigenvalue weighted by molar-refractivity contribution is 5.98. The molecule has 0 aliphatic rings. The summed E-state index contributed by atoms with van der Waals surface area (Å²) < 4.78 is 10.4. The SMILES string of the molecule is Cc1ccccc1OCC(=O)OCC(=O)c1ccc(NC(=O)CC(C)C)cc1. The first-order valence-corrected chi connectivity index (χ1v) is 9.12. The molecule has 0 aliphatic heterocycles. The number of esters is 1. The number of benzene rings is 2. The minimum Gasteiger partial charge on any atom is -0.482 e. The molecule has 0 spiro atoms. The van der Waals surface area contributed by atoms with Crippen LogP contribution in [0.5, 0.6) is 5.75 Å². The van der Waals surface area contributed by atoms with Crippen LogP contribution in [0.4, 0.5) is 5.69 Å². The predicted molar refractivity (Wildman–Crippen MR) is 106 cm³/mol. The van der Waals surface area contributed by atoms with Crippen LogP contribution in [0.15, 0.2) is 48.5 Å². The van der Waals surface area contributed by atoms with Crippen LogP contribution < -0.4 is 10.1 Å². The van der Waals surface area contributed by atoms with Crippen LogP contribution in [0.2, 0.25) is 0 Å². The first-order chi connectivity index (χ1) is 13.3. The number of aryl methyl sites for hydroxylation is 1. The molecule has 0 heterocycles. The van der Waals surface area contributed by atoms with E-state index in [0.717, 1.165) is 5.56 Å². The Morgan fingerprint density at radius 1 is 0.964 bits per heavy atom. The number of anilines is 1. The van der Waals surface area contributed by atoms with E-state index in [1.807, 2.05) is 39.0 Å². The van der Waals surface area contributed by atoms with Crippen molar-refractivity contribution in [2.75, 3.05) is 18.5 Å². The Morgan fingerprint density at radius 3 is 2.29 bits per heavy atom. The molecule has 0 aromatic heterocycles. The van der Waals surface area contributed by atoms with Gasteiger partial charge in [0.15, 0.2) is 19.0 Å². The Hall–Kier alpha value is -3.15. The van der Waals surface area contributed by atoms with Gasteiger partial charge in [0, 0.05) is 17.7 Å². The van der Waals surface area contributed by atoms with Gasteiger partial charge in [-0.05, 0) is 48.7 Å². The zero-order valence-corrected chi connectivity index (χ0v) is 16.4. The number of ketones is 1.